The summed E-state index contributed by atoms with van der Waals surface area (Å²) in [6.45, 7) is 4.52. The van der Waals surface area contributed by atoms with Gasteiger partial charge in [-0.3, -0.25) is 9.48 Å². The molecular weight excluding hydrogens is 372 g/mol. The number of hydrogen-bond donors (Lipinski definition) is 2. The van der Waals surface area contributed by atoms with E-state index in [4.69, 9.17) is 11.6 Å². The Balaban J connectivity index is 1.41. The van der Waals surface area contributed by atoms with Gasteiger partial charge >= 0.3 is 0 Å². The van der Waals surface area contributed by atoms with Crippen LogP contribution < -0.4 is 5.32 Å². The highest BCUT2D eigenvalue weighted by Gasteiger charge is 2.07. The van der Waals surface area contributed by atoms with Gasteiger partial charge < -0.3 is 10.3 Å². The molecular formula is C22H21ClN4O. The van der Waals surface area contributed by atoms with Crippen molar-refractivity contribution in [2.75, 3.05) is 5.32 Å². The van der Waals surface area contributed by atoms with Gasteiger partial charge in [-0.2, -0.15) is 5.10 Å². The Morgan fingerprint density at radius 2 is 1.89 bits per heavy atom. The predicted octanol–water partition coefficient (Wildman–Crippen LogP) is 5.33. The van der Waals surface area contributed by atoms with Gasteiger partial charge in [-0.25, -0.2) is 0 Å². The van der Waals surface area contributed by atoms with Gasteiger partial charge in [0.05, 0.1) is 5.69 Å². The second kappa shape index (κ2) is 7.52. The smallest absolute Gasteiger partial charge is 0.226 e. The van der Waals surface area contributed by atoms with Crippen LogP contribution in [0, 0.1) is 13.8 Å². The van der Waals surface area contributed by atoms with Gasteiger partial charge in [-0.15, -0.1) is 0 Å². The van der Waals surface area contributed by atoms with Crippen LogP contribution in [0.3, 0.4) is 0 Å². The van der Waals surface area contributed by atoms with Crippen LogP contribution in [0.4, 0.5) is 5.69 Å². The summed E-state index contributed by atoms with van der Waals surface area (Å²) < 4.78 is 1.86. The highest BCUT2D eigenvalue weighted by molar-refractivity contribution is 6.31. The minimum Gasteiger partial charge on any atom is -0.355 e. The lowest BCUT2D eigenvalue weighted by Crippen LogP contribution is -2.15. The van der Waals surface area contributed by atoms with Crippen LogP contribution in [0.25, 0.3) is 22.2 Å². The number of amides is 1. The molecule has 4 rings (SSSR count). The lowest BCUT2D eigenvalue weighted by Gasteiger charge is -2.07. The van der Waals surface area contributed by atoms with Gasteiger partial charge in [-0.05, 0) is 61.9 Å². The van der Waals surface area contributed by atoms with Crippen LogP contribution in [-0.4, -0.2) is 20.7 Å². The van der Waals surface area contributed by atoms with E-state index in [-0.39, 0.29) is 5.91 Å². The fourth-order valence-corrected chi connectivity index (χ4v) is 3.50. The minimum atomic E-state index is -0.0273. The maximum Gasteiger partial charge on any atom is 0.226 e. The van der Waals surface area contributed by atoms with Crippen LogP contribution in [0.1, 0.15) is 17.8 Å². The summed E-state index contributed by atoms with van der Waals surface area (Å²) in [6, 6.07) is 17.7. The van der Waals surface area contributed by atoms with Crippen molar-refractivity contribution in [3.63, 3.8) is 0 Å². The second-order valence-corrected chi connectivity index (χ2v) is 7.38. The van der Waals surface area contributed by atoms with Crippen LogP contribution in [0.5, 0.6) is 0 Å². The summed E-state index contributed by atoms with van der Waals surface area (Å²) in [4.78, 5) is 15.6. The van der Waals surface area contributed by atoms with Gasteiger partial charge in [0.15, 0.2) is 0 Å². The number of halogens is 1. The highest BCUT2D eigenvalue weighted by atomic mass is 35.5. The largest absolute Gasteiger partial charge is 0.355 e. The summed E-state index contributed by atoms with van der Waals surface area (Å²) in [5, 5.41) is 9.12. The van der Waals surface area contributed by atoms with E-state index >= 15 is 0 Å². The number of benzene rings is 2. The summed E-state index contributed by atoms with van der Waals surface area (Å²) in [6.07, 6.45) is 0.381. The molecule has 2 aromatic carbocycles. The van der Waals surface area contributed by atoms with Gasteiger partial charge in [-0.1, -0.05) is 23.7 Å². The third kappa shape index (κ3) is 3.94. The van der Waals surface area contributed by atoms with Crippen molar-refractivity contribution in [1.29, 1.82) is 0 Å². The Bertz CT molecular complexity index is 1140. The van der Waals surface area contributed by atoms with E-state index in [9.17, 15) is 4.79 Å². The number of fused-ring (bicyclic) bond motifs is 1. The van der Waals surface area contributed by atoms with E-state index in [0.717, 1.165) is 44.3 Å². The quantitative estimate of drug-likeness (QED) is 0.482. The Morgan fingerprint density at radius 3 is 2.61 bits per heavy atom. The standard InChI is InChI=1S/C22H21ClN4O/c1-14-11-15(2)27(26-14)10-9-22(28)24-19-6-3-16(4-7-19)21-13-17-12-18(23)5-8-20(17)25-21/h3-8,11-13,25H,9-10H2,1-2H3,(H,24,28). The molecule has 0 bridgehead atoms. The second-order valence-electron chi connectivity index (χ2n) is 6.94. The number of carbonyl (C=O) groups excluding carboxylic acids is 1. The molecule has 0 aliphatic rings. The van der Waals surface area contributed by atoms with E-state index in [0.29, 0.717) is 13.0 Å². The summed E-state index contributed by atoms with van der Waals surface area (Å²) in [7, 11) is 0. The summed E-state index contributed by atoms with van der Waals surface area (Å²) in [5.74, 6) is -0.0273. The van der Waals surface area contributed by atoms with Crippen molar-refractivity contribution in [3.05, 3.63) is 71.0 Å². The highest BCUT2D eigenvalue weighted by Crippen LogP contribution is 2.27. The Hall–Kier alpha value is -3.05. The zero-order valence-corrected chi connectivity index (χ0v) is 16.5. The third-order valence-electron chi connectivity index (χ3n) is 4.72. The molecule has 1 amide bonds. The van der Waals surface area contributed by atoms with Crippen molar-refractivity contribution >= 4 is 34.1 Å². The number of aromatic amines is 1. The molecule has 2 N–H and O–H groups in total. The van der Waals surface area contributed by atoms with Gasteiger partial charge in [0.1, 0.15) is 0 Å². The molecule has 28 heavy (non-hydrogen) atoms. The first-order valence-electron chi connectivity index (χ1n) is 9.17. The fourth-order valence-electron chi connectivity index (χ4n) is 3.32. The molecule has 0 aliphatic heterocycles. The Morgan fingerprint density at radius 1 is 1.11 bits per heavy atom. The lowest BCUT2D eigenvalue weighted by atomic mass is 10.1. The number of nitrogens with one attached hydrogen (secondary N) is 2. The van der Waals surface area contributed by atoms with Crippen molar-refractivity contribution in [1.82, 2.24) is 14.8 Å². The molecule has 5 nitrogen and oxygen atoms in total. The topological polar surface area (TPSA) is 62.7 Å². The first-order chi connectivity index (χ1) is 13.5. The monoisotopic (exact) mass is 392 g/mol. The molecule has 0 saturated carbocycles. The molecule has 0 radical (unpaired) electrons. The molecule has 2 aromatic heterocycles. The average molecular weight is 393 g/mol. The predicted molar refractivity (Wildman–Crippen MR) is 114 cm³/mol. The van der Waals surface area contributed by atoms with E-state index in [1.54, 1.807) is 0 Å². The molecule has 0 unspecified atom stereocenters. The van der Waals surface area contributed by atoms with Gasteiger partial charge in [0.2, 0.25) is 5.91 Å². The van der Waals surface area contributed by atoms with E-state index in [1.807, 2.05) is 67.1 Å². The number of carbonyl (C=O) groups is 1. The van der Waals surface area contributed by atoms with Crippen molar-refractivity contribution in [3.8, 4) is 11.3 Å². The van der Waals surface area contributed by atoms with Crippen LogP contribution in [-0.2, 0) is 11.3 Å². The normalized spacial score (nSPS) is 11.1. The Kier molecular flexibility index (Phi) is 4.92. The maximum atomic E-state index is 12.2. The molecule has 0 atom stereocenters. The van der Waals surface area contributed by atoms with Crippen molar-refractivity contribution < 1.29 is 4.79 Å². The maximum absolute atomic E-state index is 12.2. The molecule has 142 valence electrons. The zero-order valence-electron chi connectivity index (χ0n) is 15.8. The van der Waals surface area contributed by atoms with Crippen LogP contribution in [0.15, 0.2) is 54.6 Å². The SMILES string of the molecule is Cc1cc(C)n(CCC(=O)Nc2ccc(-c3cc4cc(Cl)ccc4[nH]3)cc2)n1. The molecule has 0 aliphatic carbocycles. The van der Waals surface area contributed by atoms with Crippen LogP contribution in [0.2, 0.25) is 5.02 Å². The third-order valence-corrected chi connectivity index (χ3v) is 4.95. The first kappa shape index (κ1) is 18.3. The lowest BCUT2D eigenvalue weighted by molar-refractivity contribution is -0.116. The van der Waals surface area contributed by atoms with Gasteiger partial charge in [0.25, 0.3) is 0 Å². The first-order valence-corrected chi connectivity index (χ1v) is 9.55. The van der Waals surface area contributed by atoms with E-state index < -0.39 is 0 Å². The van der Waals surface area contributed by atoms with Gasteiger partial charge in [0, 0.05) is 46.0 Å². The molecule has 0 spiro atoms. The van der Waals surface area contributed by atoms with Crippen molar-refractivity contribution in [2.45, 2.75) is 26.8 Å². The number of rotatable bonds is 5. The number of aromatic nitrogens is 3. The fraction of sp³-hybridized carbons (Fsp3) is 0.182. The number of aryl methyl sites for hydroxylation is 3. The molecule has 6 heteroatoms. The average Bonchev–Trinajstić information content (AvgIpc) is 3.22. The zero-order chi connectivity index (χ0) is 19.7. The molecule has 0 fully saturated rings. The number of nitrogens with zero attached hydrogens (tertiary/aromatic N) is 2. The Labute approximate surface area is 168 Å². The molecule has 0 saturated heterocycles. The summed E-state index contributed by atoms with van der Waals surface area (Å²) in [5.41, 5.74) is 5.91. The van der Waals surface area contributed by atoms with E-state index in [2.05, 4.69) is 21.5 Å². The van der Waals surface area contributed by atoms with E-state index in [1.165, 1.54) is 0 Å². The number of hydrogen-bond acceptors (Lipinski definition) is 2. The minimum absolute atomic E-state index is 0.0273. The van der Waals surface area contributed by atoms with Crippen LogP contribution >= 0.6 is 11.6 Å². The molecule has 4 aromatic rings. The number of H-pyrrole nitrogens is 1. The van der Waals surface area contributed by atoms with Crippen molar-refractivity contribution in [2.24, 2.45) is 0 Å². The molecule has 2 heterocycles. The summed E-state index contributed by atoms with van der Waals surface area (Å²) >= 11 is 6.06. The number of anilines is 1.